The van der Waals surface area contributed by atoms with E-state index < -0.39 is 15.9 Å². The van der Waals surface area contributed by atoms with Crippen molar-refractivity contribution in [3.63, 3.8) is 0 Å². The highest BCUT2D eigenvalue weighted by Gasteiger charge is 2.35. The molecule has 148 valence electrons. The molecule has 0 unspecified atom stereocenters. The van der Waals surface area contributed by atoms with Crippen molar-refractivity contribution in [2.75, 3.05) is 37.7 Å². The monoisotopic (exact) mass is 396 g/mol. The summed E-state index contributed by atoms with van der Waals surface area (Å²) in [6.45, 7) is 4.63. The van der Waals surface area contributed by atoms with Crippen LogP contribution in [-0.4, -0.2) is 57.4 Å². The Morgan fingerprint density at radius 1 is 1.30 bits per heavy atom. The molecule has 1 fully saturated rings. The zero-order valence-electron chi connectivity index (χ0n) is 15.5. The lowest BCUT2D eigenvalue weighted by molar-refractivity contribution is -0.149. The van der Waals surface area contributed by atoms with E-state index in [1.165, 1.54) is 28.3 Å². The van der Waals surface area contributed by atoms with Gasteiger partial charge in [0.15, 0.2) is 0 Å². The van der Waals surface area contributed by atoms with E-state index in [2.05, 4.69) is 0 Å². The molecule has 1 atom stereocenters. The van der Waals surface area contributed by atoms with Gasteiger partial charge in [-0.1, -0.05) is 0 Å². The van der Waals surface area contributed by atoms with E-state index in [9.17, 15) is 18.0 Å². The number of amides is 1. The summed E-state index contributed by atoms with van der Waals surface area (Å²) < 4.78 is 38.1. The lowest BCUT2D eigenvalue weighted by Crippen LogP contribution is -2.43. The quantitative estimate of drug-likeness (QED) is 0.714. The van der Waals surface area contributed by atoms with Gasteiger partial charge in [0.1, 0.15) is 12.4 Å². The molecule has 3 rings (SSSR count). The van der Waals surface area contributed by atoms with Crippen molar-refractivity contribution in [2.45, 2.75) is 31.6 Å². The number of ether oxygens (including phenoxy) is 2. The van der Waals surface area contributed by atoms with Crippen molar-refractivity contribution in [1.29, 1.82) is 0 Å². The summed E-state index contributed by atoms with van der Waals surface area (Å²) in [5, 5.41) is 0. The second kappa shape index (κ2) is 7.85. The Bertz CT molecular complexity index is 838. The second-order valence-electron chi connectivity index (χ2n) is 6.60. The van der Waals surface area contributed by atoms with Crippen LogP contribution in [0, 0.1) is 5.92 Å². The molecule has 9 heteroatoms. The van der Waals surface area contributed by atoms with E-state index in [1.54, 1.807) is 13.0 Å². The van der Waals surface area contributed by atoms with Gasteiger partial charge in [-0.2, -0.15) is 4.31 Å². The Kier molecular flexibility index (Phi) is 5.71. The highest BCUT2D eigenvalue weighted by molar-refractivity contribution is 7.89. The molecule has 1 saturated heterocycles. The van der Waals surface area contributed by atoms with Gasteiger partial charge in [0, 0.05) is 20.0 Å². The maximum atomic E-state index is 13.1. The summed E-state index contributed by atoms with van der Waals surface area (Å²) in [5.41, 5.74) is 0.453. The molecule has 0 spiro atoms. The van der Waals surface area contributed by atoms with Crippen molar-refractivity contribution >= 4 is 27.6 Å². The van der Waals surface area contributed by atoms with Crippen LogP contribution in [0.4, 0.5) is 5.69 Å². The summed E-state index contributed by atoms with van der Waals surface area (Å²) in [7, 11) is -3.79. The van der Waals surface area contributed by atoms with E-state index in [4.69, 9.17) is 9.47 Å². The van der Waals surface area contributed by atoms with Crippen LogP contribution in [-0.2, 0) is 24.3 Å². The number of hydrogen-bond acceptors (Lipinski definition) is 6. The van der Waals surface area contributed by atoms with Gasteiger partial charge >= 0.3 is 5.97 Å². The average molecular weight is 396 g/mol. The number of carbonyl (C=O) groups excluding carboxylic acids is 2. The topological polar surface area (TPSA) is 93.2 Å². The Morgan fingerprint density at radius 3 is 2.78 bits per heavy atom. The average Bonchev–Trinajstić information content (AvgIpc) is 2.67. The van der Waals surface area contributed by atoms with Gasteiger partial charge in [-0.3, -0.25) is 9.59 Å². The van der Waals surface area contributed by atoms with Crippen LogP contribution in [0.25, 0.3) is 0 Å². The number of fused-ring (bicyclic) bond motifs is 1. The molecule has 0 bridgehead atoms. The van der Waals surface area contributed by atoms with E-state index in [0.29, 0.717) is 44.0 Å². The van der Waals surface area contributed by atoms with Crippen LogP contribution in [0.2, 0.25) is 0 Å². The summed E-state index contributed by atoms with van der Waals surface area (Å²) in [4.78, 5) is 25.5. The predicted octanol–water partition coefficient (Wildman–Crippen LogP) is 1.40. The minimum absolute atomic E-state index is 0.0857. The highest BCUT2D eigenvalue weighted by Crippen LogP contribution is 2.35. The lowest BCUT2D eigenvalue weighted by atomic mass is 10.0. The zero-order chi connectivity index (χ0) is 19.6. The van der Waals surface area contributed by atoms with Crippen molar-refractivity contribution < 1.29 is 27.5 Å². The number of rotatable bonds is 4. The third-order valence-corrected chi connectivity index (χ3v) is 6.68. The number of benzene rings is 1. The summed E-state index contributed by atoms with van der Waals surface area (Å²) in [6.07, 6.45) is 1.21. The van der Waals surface area contributed by atoms with Crippen LogP contribution >= 0.6 is 0 Å². The molecule has 2 heterocycles. The van der Waals surface area contributed by atoms with Crippen molar-refractivity contribution in [3.8, 4) is 5.75 Å². The number of carbonyl (C=O) groups is 2. The number of nitrogens with zero attached hydrogens (tertiary/aromatic N) is 2. The van der Waals surface area contributed by atoms with E-state index in [1.807, 2.05) is 0 Å². The number of sulfonamides is 1. The Hall–Kier alpha value is -2.13. The van der Waals surface area contributed by atoms with Crippen LogP contribution in [0.15, 0.2) is 23.1 Å². The van der Waals surface area contributed by atoms with Crippen molar-refractivity contribution in [1.82, 2.24) is 4.31 Å². The van der Waals surface area contributed by atoms with Gasteiger partial charge < -0.3 is 14.4 Å². The first-order valence-corrected chi connectivity index (χ1v) is 10.5. The van der Waals surface area contributed by atoms with Crippen LogP contribution < -0.4 is 9.64 Å². The van der Waals surface area contributed by atoms with Gasteiger partial charge in [0.2, 0.25) is 15.9 Å². The Labute approximate surface area is 159 Å². The molecular formula is C18H24N2O6S. The summed E-state index contributed by atoms with van der Waals surface area (Å²) >= 11 is 0. The molecule has 8 nitrogen and oxygen atoms in total. The smallest absolute Gasteiger partial charge is 0.310 e. The van der Waals surface area contributed by atoms with Gasteiger partial charge in [-0.25, -0.2) is 8.42 Å². The molecule has 1 aromatic carbocycles. The minimum Gasteiger partial charge on any atom is -0.490 e. The zero-order valence-corrected chi connectivity index (χ0v) is 16.3. The fourth-order valence-corrected chi connectivity index (χ4v) is 4.99. The van der Waals surface area contributed by atoms with Gasteiger partial charge in [-0.05, 0) is 38.0 Å². The fraction of sp³-hybridized carbons (Fsp3) is 0.556. The van der Waals surface area contributed by atoms with Crippen LogP contribution in [0.3, 0.4) is 0 Å². The maximum absolute atomic E-state index is 13.1. The molecule has 2 aliphatic rings. The SMILES string of the molecule is CCOC(=O)[C@H]1CCCN(S(=O)(=O)c2ccc3c(c2)N(C(C)=O)CCO3)C1. The summed E-state index contributed by atoms with van der Waals surface area (Å²) in [6, 6.07) is 4.52. The number of anilines is 1. The van der Waals surface area contributed by atoms with E-state index in [0.717, 1.165) is 0 Å². The molecule has 1 aromatic rings. The molecule has 0 radical (unpaired) electrons. The standard InChI is InChI=1S/C18H24N2O6S/c1-3-25-18(22)14-5-4-8-19(12-14)27(23,24)15-6-7-17-16(11-15)20(13(2)21)9-10-26-17/h6-7,11,14H,3-5,8-10,12H2,1-2H3/t14-/m0/s1. The summed E-state index contributed by atoms with van der Waals surface area (Å²) in [5.74, 6) is -0.505. The molecule has 0 saturated carbocycles. The van der Waals surface area contributed by atoms with Crippen molar-refractivity contribution in [3.05, 3.63) is 18.2 Å². The fourth-order valence-electron chi connectivity index (χ4n) is 3.45. The first kappa shape index (κ1) is 19.6. The van der Waals surface area contributed by atoms with Gasteiger partial charge in [-0.15, -0.1) is 0 Å². The first-order chi connectivity index (χ1) is 12.8. The lowest BCUT2D eigenvalue weighted by Gasteiger charge is -2.32. The molecule has 27 heavy (non-hydrogen) atoms. The van der Waals surface area contributed by atoms with E-state index >= 15 is 0 Å². The Balaban J connectivity index is 1.88. The molecular weight excluding hydrogens is 372 g/mol. The first-order valence-electron chi connectivity index (χ1n) is 9.06. The molecule has 0 aliphatic carbocycles. The second-order valence-corrected chi connectivity index (χ2v) is 8.54. The number of hydrogen-bond donors (Lipinski definition) is 0. The predicted molar refractivity (Wildman–Crippen MR) is 98.1 cm³/mol. The van der Waals surface area contributed by atoms with Crippen LogP contribution in [0.5, 0.6) is 5.75 Å². The van der Waals surface area contributed by atoms with Gasteiger partial charge in [0.25, 0.3) is 0 Å². The number of esters is 1. The third-order valence-electron chi connectivity index (χ3n) is 4.82. The minimum atomic E-state index is -3.79. The molecule has 0 aromatic heterocycles. The maximum Gasteiger partial charge on any atom is 0.310 e. The third kappa shape index (κ3) is 3.93. The molecule has 0 N–H and O–H groups in total. The molecule has 2 aliphatic heterocycles. The normalized spacial score (nSPS) is 20.5. The molecule has 1 amide bonds. The van der Waals surface area contributed by atoms with Crippen molar-refractivity contribution in [2.24, 2.45) is 5.92 Å². The highest BCUT2D eigenvalue weighted by atomic mass is 32.2. The Morgan fingerprint density at radius 2 is 2.07 bits per heavy atom. The van der Waals surface area contributed by atoms with Gasteiger partial charge in [0.05, 0.1) is 29.7 Å². The largest absolute Gasteiger partial charge is 0.490 e. The van der Waals surface area contributed by atoms with E-state index in [-0.39, 0.29) is 29.9 Å². The number of piperidine rings is 1. The van der Waals surface area contributed by atoms with Crippen LogP contribution in [0.1, 0.15) is 26.7 Å².